The molecule has 0 aromatic rings. The average Bonchev–Trinajstić information content (AvgIpc) is 3.14. The minimum absolute atomic E-state index is 0.0636. The lowest BCUT2D eigenvalue weighted by Gasteiger charge is -2.18. The van der Waals surface area contributed by atoms with E-state index in [1.165, 1.54) is 154 Å². The van der Waals surface area contributed by atoms with Crippen molar-refractivity contribution in [3.05, 3.63) is 0 Å². The van der Waals surface area contributed by atoms with E-state index in [0.29, 0.717) is 19.3 Å². The summed E-state index contributed by atoms with van der Waals surface area (Å²) in [6.07, 6.45) is 40.8. The van der Waals surface area contributed by atoms with Gasteiger partial charge in [0.25, 0.3) is 0 Å². The zero-order chi connectivity index (χ0) is 38.9. The van der Waals surface area contributed by atoms with Crippen molar-refractivity contribution < 1.29 is 28.6 Å². The topological polar surface area (TPSA) is 78.9 Å². The van der Waals surface area contributed by atoms with Crippen molar-refractivity contribution in [2.45, 2.75) is 265 Å². The quantitative estimate of drug-likeness (QED) is 0.0351. The third kappa shape index (κ3) is 41.4. The van der Waals surface area contributed by atoms with E-state index in [-0.39, 0.29) is 31.1 Å². The molecule has 53 heavy (non-hydrogen) atoms. The van der Waals surface area contributed by atoms with Crippen LogP contribution in [0.5, 0.6) is 0 Å². The standard InChI is InChI=1S/C47H90O6/c1-5-7-9-11-13-15-18-23-27-31-35-39-46(49)52-42-44(41-51-45(48)38-34-30-26-21-14-12-10-8-6-2)53-47(50)40-36-32-28-24-20-17-16-19-22-25-29-33-37-43(3)4/h43-44H,5-42H2,1-4H3/t44-/m1/s1. The number of hydrogen-bond acceptors (Lipinski definition) is 6. The van der Waals surface area contributed by atoms with E-state index in [1.807, 2.05) is 0 Å². The van der Waals surface area contributed by atoms with Crippen LogP contribution in [0.3, 0.4) is 0 Å². The summed E-state index contributed by atoms with van der Waals surface area (Å²) in [4.78, 5) is 37.7. The van der Waals surface area contributed by atoms with Crippen LogP contribution in [0.4, 0.5) is 0 Å². The summed E-state index contributed by atoms with van der Waals surface area (Å²) < 4.78 is 16.7. The van der Waals surface area contributed by atoms with Crippen LogP contribution < -0.4 is 0 Å². The molecule has 0 rings (SSSR count). The molecule has 0 radical (unpaired) electrons. The second-order valence-corrected chi connectivity index (χ2v) is 16.5. The van der Waals surface area contributed by atoms with E-state index < -0.39 is 6.10 Å². The van der Waals surface area contributed by atoms with Crippen molar-refractivity contribution in [3.63, 3.8) is 0 Å². The summed E-state index contributed by atoms with van der Waals surface area (Å²) >= 11 is 0. The van der Waals surface area contributed by atoms with Crippen LogP contribution in [0, 0.1) is 5.92 Å². The van der Waals surface area contributed by atoms with Gasteiger partial charge in [0.05, 0.1) is 0 Å². The summed E-state index contributed by atoms with van der Waals surface area (Å²) in [5, 5.41) is 0. The molecule has 1 atom stereocenters. The predicted molar refractivity (Wildman–Crippen MR) is 224 cm³/mol. The zero-order valence-corrected chi connectivity index (χ0v) is 36.0. The highest BCUT2D eigenvalue weighted by molar-refractivity contribution is 5.71. The molecule has 0 aliphatic carbocycles. The summed E-state index contributed by atoms with van der Waals surface area (Å²) in [5.74, 6) is -0.0226. The fraction of sp³-hybridized carbons (Fsp3) is 0.936. The van der Waals surface area contributed by atoms with E-state index in [0.717, 1.165) is 63.7 Å². The van der Waals surface area contributed by atoms with Crippen LogP contribution in [-0.4, -0.2) is 37.2 Å². The Labute approximate surface area is 329 Å². The van der Waals surface area contributed by atoms with Gasteiger partial charge in [-0.15, -0.1) is 0 Å². The molecule has 0 aromatic carbocycles. The Bertz CT molecular complexity index is 796. The Morgan fingerprint density at radius 1 is 0.358 bits per heavy atom. The predicted octanol–water partition coefficient (Wildman–Crippen LogP) is 14.7. The Morgan fingerprint density at radius 3 is 0.925 bits per heavy atom. The minimum atomic E-state index is -0.758. The van der Waals surface area contributed by atoms with Gasteiger partial charge >= 0.3 is 17.9 Å². The molecule has 6 nitrogen and oxygen atoms in total. The molecule has 0 bridgehead atoms. The second-order valence-electron chi connectivity index (χ2n) is 16.5. The fourth-order valence-corrected chi connectivity index (χ4v) is 6.98. The maximum absolute atomic E-state index is 12.7. The maximum Gasteiger partial charge on any atom is 0.306 e. The van der Waals surface area contributed by atoms with Gasteiger partial charge in [0, 0.05) is 19.3 Å². The number of carbonyl (C=O) groups is 3. The number of unbranched alkanes of at least 4 members (excludes halogenated alkanes) is 29. The number of carbonyl (C=O) groups excluding carboxylic acids is 3. The van der Waals surface area contributed by atoms with Crippen LogP contribution >= 0.6 is 0 Å². The van der Waals surface area contributed by atoms with E-state index in [4.69, 9.17) is 14.2 Å². The SMILES string of the molecule is CCCCCCCCCCCCCC(=O)OC[C@@H](COC(=O)CCCCCCCCCCC)OC(=O)CCCCCCCCCCCCCCC(C)C. The Balaban J connectivity index is 4.30. The molecular formula is C47H90O6. The smallest absolute Gasteiger partial charge is 0.306 e. The van der Waals surface area contributed by atoms with Gasteiger partial charge in [0.1, 0.15) is 13.2 Å². The lowest BCUT2D eigenvalue weighted by Crippen LogP contribution is -2.30. The molecule has 6 heteroatoms. The van der Waals surface area contributed by atoms with Gasteiger partial charge in [-0.05, 0) is 25.2 Å². The highest BCUT2D eigenvalue weighted by Crippen LogP contribution is 2.16. The van der Waals surface area contributed by atoms with Crippen LogP contribution in [0.15, 0.2) is 0 Å². The molecule has 0 aromatic heterocycles. The van der Waals surface area contributed by atoms with E-state index in [2.05, 4.69) is 27.7 Å². The van der Waals surface area contributed by atoms with Crippen molar-refractivity contribution in [2.24, 2.45) is 5.92 Å². The molecule has 0 amide bonds. The average molecular weight is 751 g/mol. The van der Waals surface area contributed by atoms with Crippen molar-refractivity contribution in [3.8, 4) is 0 Å². The number of rotatable bonds is 42. The molecule has 0 unspecified atom stereocenters. The highest BCUT2D eigenvalue weighted by atomic mass is 16.6. The molecule has 0 saturated carbocycles. The minimum Gasteiger partial charge on any atom is -0.462 e. The first kappa shape index (κ1) is 51.4. The molecular weight excluding hydrogens is 661 g/mol. The zero-order valence-electron chi connectivity index (χ0n) is 36.0. The maximum atomic E-state index is 12.7. The van der Waals surface area contributed by atoms with Gasteiger partial charge in [0.2, 0.25) is 0 Å². The molecule has 0 aliphatic rings. The third-order valence-electron chi connectivity index (χ3n) is 10.5. The fourth-order valence-electron chi connectivity index (χ4n) is 6.98. The van der Waals surface area contributed by atoms with E-state index >= 15 is 0 Å². The lowest BCUT2D eigenvalue weighted by atomic mass is 10.0. The molecule has 0 spiro atoms. The van der Waals surface area contributed by atoms with Gasteiger partial charge in [-0.3, -0.25) is 14.4 Å². The molecule has 0 fully saturated rings. The summed E-state index contributed by atoms with van der Waals surface area (Å²) in [6.45, 7) is 8.98. The van der Waals surface area contributed by atoms with Crippen molar-refractivity contribution in [2.75, 3.05) is 13.2 Å². The van der Waals surface area contributed by atoms with Crippen molar-refractivity contribution >= 4 is 17.9 Å². The third-order valence-corrected chi connectivity index (χ3v) is 10.5. The van der Waals surface area contributed by atoms with Gasteiger partial charge in [-0.2, -0.15) is 0 Å². The van der Waals surface area contributed by atoms with Crippen LogP contribution in [-0.2, 0) is 28.6 Å². The molecule has 314 valence electrons. The Hall–Kier alpha value is -1.59. The van der Waals surface area contributed by atoms with Crippen molar-refractivity contribution in [1.82, 2.24) is 0 Å². The number of hydrogen-bond donors (Lipinski definition) is 0. The molecule has 0 saturated heterocycles. The highest BCUT2D eigenvalue weighted by Gasteiger charge is 2.19. The largest absolute Gasteiger partial charge is 0.462 e. The van der Waals surface area contributed by atoms with Crippen LogP contribution in [0.1, 0.15) is 259 Å². The first-order valence-corrected chi connectivity index (χ1v) is 23.4. The van der Waals surface area contributed by atoms with Crippen molar-refractivity contribution in [1.29, 1.82) is 0 Å². The van der Waals surface area contributed by atoms with E-state index in [1.54, 1.807) is 0 Å². The number of esters is 3. The lowest BCUT2D eigenvalue weighted by molar-refractivity contribution is -0.167. The molecule has 0 aliphatic heterocycles. The molecule has 0 heterocycles. The second kappa shape index (κ2) is 41.6. The molecule has 0 N–H and O–H groups in total. The van der Waals surface area contributed by atoms with Gasteiger partial charge in [0.15, 0.2) is 6.10 Å². The number of ether oxygens (including phenoxy) is 3. The summed E-state index contributed by atoms with van der Waals surface area (Å²) in [5.41, 5.74) is 0. The first-order valence-electron chi connectivity index (χ1n) is 23.4. The first-order chi connectivity index (χ1) is 25.9. The van der Waals surface area contributed by atoms with E-state index in [9.17, 15) is 14.4 Å². The van der Waals surface area contributed by atoms with Gasteiger partial charge < -0.3 is 14.2 Å². The normalized spacial score (nSPS) is 11.9. The Morgan fingerprint density at radius 2 is 0.623 bits per heavy atom. The Kier molecular flexibility index (Phi) is 40.3. The summed E-state index contributed by atoms with van der Waals surface area (Å²) in [7, 11) is 0. The van der Waals surface area contributed by atoms with Crippen LogP contribution in [0.25, 0.3) is 0 Å². The van der Waals surface area contributed by atoms with Crippen LogP contribution in [0.2, 0.25) is 0 Å². The monoisotopic (exact) mass is 751 g/mol. The summed E-state index contributed by atoms with van der Waals surface area (Å²) in [6, 6.07) is 0. The van der Waals surface area contributed by atoms with Gasteiger partial charge in [-0.25, -0.2) is 0 Å². The van der Waals surface area contributed by atoms with Gasteiger partial charge in [-0.1, -0.05) is 220 Å².